The fraction of sp³-hybridized carbons (Fsp3) is 0.423. The number of hydrogen-bond donors (Lipinski definition) is 10. The van der Waals surface area contributed by atoms with Gasteiger partial charge in [0, 0.05) is 17.7 Å². The van der Waals surface area contributed by atoms with Crippen LogP contribution in [0, 0.1) is 0 Å². The Labute approximate surface area is 235 Å². The number of phenolic OH excluding ortho intramolecular Hbond substituents is 5. The van der Waals surface area contributed by atoms with E-state index in [1.165, 1.54) is 6.92 Å². The zero-order valence-corrected chi connectivity index (χ0v) is 21.6. The molecule has 1 aromatic heterocycles. The van der Waals surface area contributed by atoms with Gasteiger partial charge in [0.15, 0.2) is 35.4 Å². The molecule has 2 aliphatic heterocycles. The lowest BCUT2D eigenvalue weighted by Gasteiger charge is -2.44. The molecule has 0 bridgehead atoms. The molecule has 2 saturated heterocycles. The average Bonchev–Trinajstić information content (AvgIpc) is 2.93. The van der Waals surface area contributed by atoms with Crippen molar-refractivity contribution >= 4 is 11.0 Å². The highest BCUT2D eigenvalue weighted by atomic mass is 16.8. The second kappa shape index (κ2) is 11.1. The Morgan fingerprint density at radius 3 is 2.14 bits per heavy atom. The molecule has 3 heterocycles. The number of aromatic hydroxyl groups is 5. The molecule has 0 aliphatic carbocycles. The minimum atomic E-state index is -1.81. The average molecular weight is 596 g/mol. The molecule has 42 heavy (non-hydrogen) atoms. The maximum atomic E-state index is 13.7. The molecular formula is C26H28O16. The summed E-state index contributed by atoms with van der Waals surface area (Å²) in [6.45, 7) is 0.899. The predicted molar refractivity (Wildman–Crippen MR) is 136 cm³/mol. The Kier molecular flexibility index (Phi) is 7.82. The lowest BCUT2D eigenvalue weighted by atomic mass is 9.99. The first kappa shape index (κ1) is 29.6. The normalized spacial score (nSPS) is 31.7. The number of ether oxygens (including phenoxy) is 4. The van der Waals surface area contributed by atoms with E-state index in [2.05, 4.69) is 0 Å². The van der Waals surface area contributed by atoms with Crippen LogP contribution in [0.2, 0.25) is 0 Å². The molecule has 2 aromatic carbocycles. The van der Waals surface area contributed by atoms with Crippen LogP contribution >= 0.6 is 0 Å². The van der Waals surface area contributed by atoms with Crippen LogP contribution in [0.15, 0.2) is 33.5 Å². The van der Waals surface area contributed by atoms with Gasteiger partial charge in [-0.2, -0.15) is 0 Å². The molecule has 9 atom stereocenters. The third-order valence-corrected chi connectivity index (χ3v) is 7.01. The van der Waals surface area contributed by atoms with Gasteiger partial charge in [0.2, 0.25) is 17.5 Å². The van der Waals surface area contributed by atoms with Crippen molar-refractivity contribution in [2.24, 2.45) is 0 Å². The van der Waals surface area contributed by atoms with Crippen LogP contribution in [0.4, 0.5) is 0 Å². The summed E-state index contributed by atoms with van der Waals surface area (Å²) in [5.41, 5.74) is -1.64. The van der Waals surface area contributed by atoms with Crippen LogP contribution in [-0.2, 0) is 14.2 Å². The molecule has 0 radical (unpaired) electrons. The summed E-state index contributed by atoms with van der Waals surface area (Å²) in [5, 5.41) is 101. The Morgan fingerprint density at radius 2 is 1.48 bits per heavy atom. The molecule has 2 fully saturated rings. The van der Waals surface area contributed by atoms with Gasteiger partial charge in [-0.15, -0.1) is 0 Å². The first-order valence-electron chi connectivity index (χ1n) is 12.6. The SMILES string of the molecule is C[C@@H]1O[C@@H](Oc2c(-c3cc(O)c(O)c(O)c3)oc3cc(O)cc(O)c3c2=O)[C@@H](O[C@H]2OC[C@@H](O)[C@@H](O)[C@H]2O)[C@H](O)[C@H]1O. The molecule has 5 rings (SSSR count). The molecular weight excluding hydrogens is 568 g/mol. The molecule has 0 saturated carbocycles. The molecule has 16 heteroatoms. The lowest BCUT2D eigenvalue weighted by Crippen LogP contribution is -2.62. The number of aliphatic hydroxyl groups is 5. The van der Waals surface area contributed by atoms with Gasteiger partial charge in [-0.3, -0.25) is 4.79 Å². The van der Waals surface area contributed by atoms with Crippen molar-refractivity contribution < 1.29 is 74.4 Å². The standard InChI is InChI=1S/C26H28O16/c1-7-16(32)20(36)24(42-25-21(37)18(34)13(31)6-38-25)26(39-7)41-23-19(35)15-10(28)4-9(27)5-14(15)40-22(23)8-2-11(29)17(33)12(30)3-8/h2-5,7,13,16,18,20-21,24-34,36-37H,6H2,1H3/t7-,13+,16-,18+,20+,21+,24-,25+,26-/m0/s1. The van der Waals surface area contributed by atoms with E-state index in [-0.39, 0.29) is 11.1 Å². The Balaban J connectivity index is 1.63. The van der Waals surface area contributed by atoms with Crippen LogP contribution in [-0.4, -0.2) is 113 Å². The second-order valence-electron chi connectivity index (χ2n) is 9.95. The van der Waals surface area contributed by atoms with E-state index in [0.29, 0.717) is 0 Å². The van der Waals surface area contributed by atoms with Crippen molar-refractivity contribution in [3.8, 4) is 45.8 Å². The number of aliphatic hydroxyl groups excluding tert-OH is 5. The number of rotatable bonds is 5. The molecule has 0 unspecified atom stereocenters. The van der Waals surface area contributed by atoms with E-state index >= 15 is 0 Å². The third-order valence-electron chi connectivity index (χ3n) is 7.01. The fourth-order valence-electron chi connectivity index (χ4n) is 4.71. The maximum absolute atomic E-state index is 13.7. The highest BCUT2D eigenvalue weighted by molar-refractivity contribution is 5.88. The summed E-state index contributed by atoms with van der Waals surface area (Å²) >= 11 is 0. The van der Waals surface area contributed by atoms with Gasteiger partial charge in [-0.05, 0) is 19.1 Å². The quantitative estimate of drug-likeness (QED) is 0.153. The van der Waals surface area contributed by atoms with E-state index in [9.17, 15) is 55.9 Å². The highest BCUT2D eigenvalue weighted by Gasteiger charge is 2.49. The first-order chi connectivity index (χ1) is 19.8. The number of fused-ring (bicyclic) bond motifs is 1. The summed E-state index contributed by atoms with van der Waals surface area (Å²) in [5.74, 6) is -4.94. The largest absolute Gasteiger partial charge is 0.508 e. The van der Waals surface area contributed by atoms with Gasteiger partial charge in [-0.1, -0.05) is 0 Å². The fourth-order valence-corrected chi connectivity index (χ4v) is 4.71. The molecule has 3 aromatic rings. The van der Waals surface area contributed by atoms with Crippen molar-refractivity contribution in [1.82, 2.24) is 0 Å². The van der Waals surface area contributed by atoms with E-state index in [1.807, 2.05) is 0 Å². The van der Waals surface area contributed by atoms with Crippen LogP contribution in [0.3, 0.4) is 0 Å². The molecule has 228 valence electrons. The van der Waals surface area contributed by atoms with Crippen molar-refractivity contribution in [2.75, 3.05) is 6.61 Å². The van der Waals surface area contributed by atoms with Crippen molar-refractivity contribution in [2.45, 2.75) is 62.2 Å². The summed E-state index contributed by atoms with van der Waals surface area (Å²) in [4.78, 5) is 13.7. The summed E-state index contributed by atoms with van der Waals surface area (Å²) in [6, 6.07) is 3.67. The Morgan fingerprint density at radius 1 is 0.810 bits per heavy atom. The van der Waals surface area contributed by atoms with Gasteiger partial charge >= 0.3 is 0 Å². The molecule has 10 N–H and O–H groups in total. The number of hydrogen-bond acceptors (Lipinski definition) is 16. The van der Waals surface area contributed by atoms with Gasteiger partial charge in [-0.25, -0.2) is 0 Å². The maximum Gasteiger partial charge on any atom is 0.239 e. The van der Waals surface area contributed by atoms with Crippen molar-refractivity contribution in [1.29, 1.82) is 0 Å². The van der Waals surface area contributed by atoms with Crippen LogP contribution in [0.1, 0.15) is 6.92 Å². The second-order valence-corrected chi connectivity index (χ2v) is 9.95. The molecule has 2 aliphatic rings. The van der Waals surface area contributed by atoms with Gasteiger partial charge in [0.25, 0.3) is 0 Å². The zero-order valence-electron chi connectivity index (χ0n) is 21.6. The number of phenols is 5. The van der Waals surface area contributed by atoms with Crippen LogP contribution < -0.4 is 10.2 Å². The van der Waals surface area contributed by atoms with Gasteiger partial charge < -0.3 is 74.4 Å². The van der Waals surface area contributed by atoms with Crippen molar-refractivity contribution in [3.05, 3.63) is 34.5 Å². The van der Waals surface area contributed by atoms with Gasteiger partial charge in [0.1, 0.15) is 53.0 Å². The summed E-state index contributed by atoms with van der Waals surface area (Å²) < 4.78 is 28.1. The predicted octanol–water partition coefficient (Wildman–Crippen LogP) is -1.34. The minimum absolute atomic E-state index is 0.232. The monoisotopic (exact) mass is 596 g/mol. The third kappa shape index (κ3) is 5.14. The molecule has 0 amide bonds. The van der Waals surface area contributed by atoms with Crippen LogP contribution in [0.25, 0.3) is 22.3 Å². The number of benzene rings is 2. The van der Waals surface area contributed by atoms with E-state index in [4.69, 9.17) is 23.4 Å². The van der Waals surface area contributed by atoms with E-state index < -0.39 is 113 Å². The van der Waals surface area contributed by atoms with Crippen LogP contribution in [0.5, 0.6) is 34.5 Å². The smallest absolute Gasteiger partial charge is 0.239 e. The lowest BCUT2D eigenvalue weighted by molar-refractivity contribution is -0.341. The Hall–Kier alpha value is -3.87. The highest BCUT2D eigenvalue weighted by Crippen LogP contribution is 2.43. The first-order valence-corrected chi connectivity index (χ1v) is 12.6. The van der Waals surface area contributed by atoms with Crippen molar-refractivity contribution in [3.63, 3.8) is 0 Å². The van der Waals surface area contributed by atoms with Gasteiger partial charge in [0.05, 0.1) is 12.7 Å². The minimum Gasteiger partial charge on any atom is -0.508 e. The van der Waals surface area contributed by atoms with E-state index in [0.717, 1.165) is 24.3 Å². The molecule has 0 spiro atoms. The topological polar surface area (TPSA) is 269 Å². The zero-order chi connectivity index (χ0) is 30.6. The summed E-state index contributed by atoms with van der Waals surface area (Å²) in [6.07, 6.45) is -14.6. The van der Waals surface area contributed by atoms with E-state index in [1.54, 1.807) is 0 Å². The summed E-state index contributed by atoms with van der Waals surface area (Å²) in [7, 11) is 0. The Bertz CT molecular complexity index is 1510. The molecule has 16 nitrogen and oxygen atoms in total.